The van der Waals surface area contributed by atoms with Gasteiger partial charge in [-0.1, -0.05) is 0 Å². The normalized spacial score (nSPS) is 13.7. The molecular formula is C11H17FN2O3S. The number of halogens is 1. The van der Waals surface area contributed by atoms with Crippen LogP contribution < -0.4 is 10.5 Å². The molecule has 0 heterocycles. The van der Waals surface area contributed by atoms with Gasteiger partial charge in [-0.15, -0.1) is 0 Å². The molecule has 0 aliphatic carbocycles. The number of hydrogen-bond acceptors (Lipinski definition) is 4. The lowest BCUT2D eigenvalue weighted by atomic mass is 10.3. The summed E-state index contributed by atoms with van der Waals surface area (Å²) < 4.78 is 43.6. The van der Waals surface area contributed by atoms with E-state index in [1.165, 1.54) is 20.2 Å². The number of methoxy groups -OCH3 is 1. The highest BCUT2D eigenvalue weighted by Crippen LogP contribution is 2.24. The van der Waals surface area contributed by atoms with E-state index in [1.807, 2.05) is 0 Å². The molecule has 0 aromatic heterocycles. The van der Waals surface area contributed by atoms with E-state index < -0.39 is 15.8 Å². The lowest BCUT2D eigenvalue weighted by Crippen LogP contribution is -2.39. The molecule has 0 fully saturated rings. The first-order valence-corrected chi connectivity index (χ1v) is 6.80. The Labute approximate surface area is 106 Å². The third-order valence-corrected chi connectivity index (χ3v) is 4.73. The van der Waals surface area contributed by atoms with Crippen molar-refractivity contribution in [2.45, 2.75) is 17.9 Å². The number of likely N-dealkylation sites (N-methyl/N-ethyl adjacent to an activating group) is 1. The monoisotopic (exact) mass is 276 g/mol. The first kappa shape index (κ1) is 14.9. The van der Waals surface area contributed by atoms with Crippen molar-refractivity contribution in [1.82, 2.24) is 4.31 Å². The van der Waals surface area contributed by atoms with Gasteiger partial charge in [0.15, 0.2) is 11.6 Å². The summed E-state index contributed by atoms with van der Waals surface area (Å²) in [7, 11) is -0.981. The van der Waals surface area contributed by atoms with Gasteiger partial charge in [0.25, 0.3) is 0 Å². The van der Waals surface area contributed by atoms with Crippen LogP contribution >= 0.6 is 0 Å². The highest BCUT2D eigenvalue weighted by Gasteiger charge is 2.25. The fourth-order valence-corrected chi connectivity index (χ4v) is 2.74. The lowest BCUT2D eigenvalue weighted by molar-refractivity contribution is 0.381. The number of ether oxygens (including phenoxy) is 1. The Balaban J connectivity index is 3.20. The molecule has 1 aromatic rings. The van der Waals surface area contributed by atoms with Crippen molar-refractivity contribution in [3.63, 3.8) is 0 Å². The molecule has 2 N–H and O–H groups in total. The van der Waals surface area contributed by atoms with E-state index >= 15 is 0 Å². The highest BCUT2D eigenvalue weighted by atomic mass is 32.2. The van der Waals surface area contributed by atoms with Crippen LogP contribution in [0.2, 0.25) is 0 Å². The van der Waals surface area contributed by atoms with Crippen molar-refractivity contribution in [2.75, 3.05) is 20.7 Å². The van der Waals surface area contributed by atoms with Crippen LogP contribution in [0.1, 0.15) is 6.92 Å². The van der Waals surface area contributed by atoms with Crippen molar-refractivity contribution >= 4 is 10.0 Å². The summed E-state index contributed by atoms with van der Waals surface area (Å²) >= 11 is 0. The number of benzene rings is 1. The minimum absolute atomic E-state index is 0.0245. The zero-order chi connectivity index (χ0) is 13.9. The number of rotatable bonds is 5. The maximum absolute atomic E-state index is 13.2. The Hall–Kier alpha value is -1.18. The van der Waals surface area contributed by atoms with Gasteiger partial charge in [0.05, 0.1) is 12.0 Å². The number of sulfonamides is 1. The van der Waals surface area contributed by atoms with E-state index in [4.69, 9.17) is 10.5 Å². The second-order valence-electron chi connectivity index (χ2n) is 3.90. The molecule has 0 aliphatic rings. The van der Waals surface area contributed by atoms with Crippen molar-refractivity contribution in [1.29, 1.82) is 0 Å². The van der Waals surface area contributed by atoms with Crippen LogP contribution in [-0.2, 0) is 10.0 Å². The fraction of sp³-hybridized carbons (Fsp3) is 0.455. The van der Waals surface area contributed by atoms with E-state index in [1.54, 1.807) is 6.92 Å². The van der Waals surface area contributed by atoms with Gasteiger partial charge in [-0.05, 0) is 19.1 Å². The second kappa shape index (κ2) is 5.64. The average Bonchev–Trinajstić information content (AvgIpc) is 2.37. The molecule has 0 spiro atoms. The van der Waals surface area contributed by atoms with Gasteiger partial charge in [0.1, 0.15) is 0 Å². The molecule has 1 rings (SSSR count). The molecule has 102 valence electrons. The Kier molecular flexibility index (Phi) is 4.66. The number of nitrogens with two attached hydrogens (primary N) is 1. The van der Waals surface area contributed by atoms with Crippen LogP contribution in [0.5, 0.6) is 5.75 Å². The number of nitrogens with zero attached hydrogens (tertiary/aromatic N) is 1. The highest BCUT2D eigenvalue weighted by molar-refractivity contribution is 7.89. The zero-order valence-electron chi connectivity index (χ0n) is 10.6. The molecule has 1 aromatic carbocycles. The van der Waals surface area contributed by atoms with E-state index in [-0.39, 0.29) is 23.2 Å². The minimum Gasteiger partial charge on any atom is -0.494 e. The Bertz CT molecular complexity index is 519. The number of hydrogen-bond donors (Lipinski definition) is 1. The third-order valence-electron chi connectivity index (χ3n) is 2.76. The molecule has 5 nitrogen and oxygen atoms in total. The van der Waals surface area contributed by atoms with Gasteiger partial charge in [0, 0.05) is 25.7 Å². The second-order valence-corrected chi connectivity index (χ2v) is 5.90. The van der Waals surface area contributed by atoms with Crippen molar-refractivity contribution in [2.24, 2.45) is 5.73 Å². The maximum Gasteiger partial charge on any atom is 0.243 e. The van der Waals surface area contributed by atoms with Crippen LogP contribution in [0.15, 0.2) is 23.1 Å². The maximum atomic E-state index is 13.2. The van der Waals surface area contributed by atoms with Gasteiger partial charge >= 0.3 is 0 Å². The third kappa shape index (κ3) is 2.80. The molecule has 1 atom stereocenters. The van der Waals surface area contributed by atoms with Gasteiger partial charge in [-0.3, -0.25) is 0 Å². The molecule has 0 saturated carbocycles. The summed E-state index contributed by atoms with van der Waals surface area (Å²) in [6.45, 7) is 1.90. The van der Waals surface area contributed by atoms with Crippen LogP contribution in [-0.4, -0.2) is 39.5 Å². The predicted molar refractivity (Wildman–Crippen MR) is 66.4 cm³/mol. The van der Waals surface area contributed by atoms with E-state index in [9.17, 15) is 12.8 Å². The topological polar surface area (TPSA) is 72.6 Å². The SMILES string of the molecule is COc1cc(S(=O)(=O)N(C)C(C)CN)ccc1F. The Morgan fingerprint density at radius 3 is 2.61 bits per heavy atom. The van der Waals surface area contributed by atoms with E-state index in [0.717, 1.165) is 16.4 Å². The van der Waals surface area contributed by atoms with Gasteiger partial charge in [-0.25, -0.2) is 12.8 Å². The van der Waals surface area contributed by atoms with E-state index in [0.29, 0.717) is 0 Å². The van der Waals surface area contributed by atoms with Crippen LogP contribution in [0.3, 0.4) is 0 Å². The minimum atomic E-state index is -3.69. The Morgan fingerprint density at radius 1 is 1.50 bits per heavy atom. The summed E-state index contributed by atoms with van der Waals surface area (Å²) in [6, 6.07) is 3.08. The summed E-state index contributed by atoms with van der Waals surface area (Å²) in [5.74, 6) is -0.712. The molecule has 18 heavy (non-hydrogen) atoms. The summed E-state index contributed by atoms with van der Waals surface area (Å²) in [6.07, 6.45) is 0. The zero-order valence-corrected chi connectivity index (χ0v) is 11.4. The summed E-state index contributed by atoms with van der Waals surface area (Å²) in [5, 5.41) is 0. The Morgan fingerprint density at radius 2 is 2.11 bits per heavy atom. The molecule has 0 radical (unpaired) electrons. The molecule has 0 saturated heterocycles. The average molecular weight is 276 g/mol. The van der Waals surface area contributed by atoms with Crippen molar-refractivity contribution < 1.29 is 17.5 Å². The first-order chi connectivity index (χ1) is 8.34. The standard InChI is InChI=1S/C11H17FN2O3S/c1-8(7-13)14(2)18(15,16)9-4-5-10(12)11(6-9)17-3/h4-6,8H,7,13H2,1-3H3. The van der Waals surface area contributed by atoms with Crippen molar-refractivity contribution in [3.8, 4) is 5.75 Å². The van der Waals surface area contributed by atoms with Gasteiger partial charge in [-0.2, -0.15) is 4.31 Å². The summed E-state index contributed by atoms with van der Waals surface area (Å²) in [5.41, 5.74) is 5.44. The molecule has 0 aliphatic heterocycles. The van der Waals surface area contributed by atoms with E-state index in [2.05, 4.69) is 0 Å². The van der Waals surface area contributed by atoms with Crippen molar-refractivity contribution in [3.05, 3.63) is 24.0 Å². The van der Waals surface area contributed by atoms with Gasteiger partial charge < -0.3 is 10.5 Å². The first-order valence-electron chi connectivity index (χ1n) is 5.36. The molecular weight excluding hydrogens is 259 g/mol. The molecule has 7 heteroatoms. The molecule has 1 unspecified atom stereocenters. The van der Waals surface area contributed by atoms with Crippen LogP contribution in [0, 0.1) is 5.82 Å². The fourth-order valence-electron chi connectivity index (χ4n) is 1.35. The lowest BCUT2D eigenvalue weighted by Gasteiger charge is -2.23. The van der Waals surface area contributed by atoms with Gasteiger partial charge in [0.2, 0.25) is 10.0 Å². The predicted octanol–water partition coefficient (Wildman–Crippen LogP) is 0.802. The smallest absolute Gasteiger partial charge is 0.243 e. The molecule has 0 bridgehead atoms. The quantitative estimate of drug-likeness (QED) is 0.863. The van der Waals surface area contributed by atoms with Crippen LogP contribution in [0.25, 0.3) is 0 Å². The summed E-state index contributed by atoms with van der Waals surface area (Å²) in [4.78, 5) is -0.0245. The largest absolute Gasteiger partial charge is 0.494 e. The molecule has 0 amide bonds. The van der Waals surface area contributed by atoms with Crippen LogP contribution in [0.4, 0.5) is 4.39 Å².